The molecule has 84 valence electrons. The van der Waals surface area contributed by atoms with Crippen molar-refractivity contribution in [2.45, 2.75) is 11.8 Å². The molecule has 0 aliphatic carbocycles. The second-order valence-electron chi connectivity index (χ2n) is 2.67. The molecule has 0 aromatic heterocycles. The van der Waals surface area contributed by atoms with Crippen LogP contribution in [-0.2, 0) is 21.5 Å². The van der Waals surface area contributed by atoms with E-state index in [0.29, 0.717) is 0 Å². The third-order valence-electron chi connectivity index (χ3n) is 1.58. The van der Waals surface area contributed by atoms with Gasteiger partial charge in [-0.2, -0.15) is 0 Å². The maximum atomic E-state index is 10.7. The Morgan fingerprint density at radius 1 is 1.29 bits per heavy atom. The Labute approximate surface area is 146 Å². The maximum Gasteiger partial charge on any atom is 1.00 e. The van der Waals surface area contributed by atoms with Crippen LogP contribution in [0.1, 0.15) is 5.56 Å². The molecule has 1 unspecified atom stereocenters. The number of rotatable bonds is 3. The van der Waals surface area contributed by atoms with Gasteiger partial charge in [-0.05, 0) is 30.7 Å². The smallest absolute Gasteiger partial charge is 0.744 e. The van der Waals surface area contributed by atoms with Crippen molar-refractivity contribution in [3.05, 3.63) is 23.8 Å². The standard InChI is InChI=1S/C7H8O6S2.2Na/c1-5-4-6(13-14(8)9)2-3-7(5)15(10,11)12;;/h2-4H,1H3,(H,8,9)(H,10,11,12);;/q;2*+1/p-2. The van der Waals surface area contributed by atoms with E-state index < -0.39 is 26.4 Å². The van der Waals surface area contributed by atoms with Gasteiger partial charge in [-0.1, -0.05) is 0 Å². The van der Waals surface area contributed by atoms with Gasteiger partial charge in [-0.25, -0.2) is 12.6 Å². The van der Waals surface area contributed by atoms with Crippen molar-refractivity contribution in [1.82, 2.24) is 0 Å². The first-order valence-corrected chi connectivity index (χ1v) is 6.05. The van der Waals surface area contributed by atoms with Gasteiger partial charge >= 0.3 is 59.1 Å². The predicted molar refractivity (Wildman–Crippen MR) is 48.7 cm³/mol. The summed E-state index contributed by atoms with van der Waals surface area (Å²) in [6.07, 6.45) is 0. The van der Waals surface area contributed by atoms with Gasteiger partial charge in [0.25, 0.3) is 0 Å². The fourth-order valence-corrected chi connectivity index (χ4v) is 1.98. The normalized spacial score (nSPS) is 11.9. The number of hydrogen-bond acceptors (Lipinski definition) is 6. The minimum Gasteiger partial charge on any atom is -0.744 e. The van der Waals surface area contributed by atoms with Gasteiger partial charge in [-0.15, -0.1) is 0 Å². The van der Waals surface area contributed by atoms with Crippen LogP contribution in [0.4, 0.5) is 0 Å². The summed E-state index contributed by atoms with van der Waals surface area (Å²) in [6.45, 7) is 1.37. The first kappa shape index (κ1) is 20.4. The van der Waals surface area contributed by atoms with Crippen molar-refractivity contribution in [3.8, 4) is 5.75 Å². The van der Waals surface area contributed by atoms with E-state index >= 15 is 0 Å². The fraction of sp³-hybridized carbons (Fsp3) is 0.143. The van der Waals surface area contributed by atoms with Crippen molar-refractivity contribution in [3.63, 3.8) is 0 Å². The van der Waals surface area contributed by atoms with Crippen LogP contribution in [0.5, 0.6) is 5.75 Å². The van der Waals surface area contributed by atoms with Crippen molar-refractivity contribution in [1.29, 1.82) is 0 Å². The molecule has 0 bridgehead atoms. The predicted octanol–water partition coefficient (Wildman–Crippen LogP) is -5.92. The second kappa shape index (κ2) is 8.26. The Kier molecular flexibility index (Phi) is 9.89. The summed E-state index contributed by atoms with van der Waals surface area (Å²) in [7, 11) is -4.54. The van der Waals surface area contributed by atoms with Crippen LogP contribution in [0.15, 0.2) is 23.1 Å². The summed E-state index contributed by atoms with van der Waals surface area (Å²) in [5.74, 6) is -0.0479. The Balaban J connectivity index is 0. The Hall–Kier alpha value is 1.04. The Bertz CT molecular complexity index is 501. The van der Waals surface area contributed by atoms with Crippen LogP contribution in [-0.4, -0.2) is 21.7 Å². The molecular formula is C7H6Na2O6S2. The number of hydrogen-bond donors (Lipinski definition) is 0. The maximum absolute atomic E-state index is 10.7. The largest absolute Gasteiger partial charge is 1.00 e. The summed E-state index contributed by atoms with van der Waals surface area (Å²) in [6, 6.07) is 3.24. The molecular weight excluding hydrogens is 290 g/mol. The summed E-state index contributed by atoms with van der Waals surface area (Å²) in [5, 5.41) is 0. The topological polar surface area (TPSA) is 107 Å². The molecule has 0 heterocycles. The van der Waals surface area contributed by atoms with E-state index in [-0.39, 0.29) is 70.4 Å². The zero-order valence-electron chi connectivity index (χ0n) is 9.50. The van der Waals surface area contributed by atoms with Gasteiger partial charge in [0.05, 0.1) is 4.90 Å². The zero-order chi connectivity index (χ0) is 11.6. The van der Waals surface area contributed by atoms with E-state index in [9.17, 15) is 21.7 Å². The second-order valence-corrected chi connectivity index (χ2v) is 4.59. The molecule has 0 amide bonds. The molecule has 17 heavy (non-hydrogen) atoms. The molecule has 0 saturated heterocycles. The molecule has 10 heteroatoms. The minimum absolute atomic E-state index is 0. The van der Waals surface area contributed by atoms with Crippen LogP contribution >= 0.6 is 0 Å². The molecule has 0 saturated carbocycles. The molecule has 1 atom stereocenters. The first-order chi connectivity index (χ1) is 6.80. The average Bonchev–Trinajstić information content (AvgIpc) is 1.99. The zero-order valence-corrected chi connectivity index (χ0v) is 15.1. The molecule has 1 aromatic carbocycles. The van der Waals surface area contributed by atoms with Crippen LogP contribution in [0.3, 0.4) is 0 Å². The van der Waals surface area contributed by atoms with E-state index in [4.69, 9.17) is 0 Å². The monoisotopic (exact) mass is 296 g/mol. The summed E-state index contributed by atoms with van der Waals surface area (Å²) in [4.78, 5) is -0.397. The molecule has 0 aliphatic rings. The minimum atomic E-state index is -4.54. The fourth-order valence-electron chi connectivity index (χ4n) is 1.03. The van der Waals surface area contributed by atoms with Crippen molar-refractivity contribution in [2.75, 3.05) is 0 Å². The van der Waals surface area contributed by atoms with E-state index in [1.165, 1.54) is 6.92 Å². The van der Waals surface area contributed by atoms with Gasteiger partial charge in [0, 0.05) is 0 Å². The Morgan fingerprint density at radius 2 is 1.82 bits per heavy atom. The molecule has 0 N–H and O–H groups in total. The molecule has 0 spiro atoms. The average molecular weight is 296 g/mol. The molecule has 1 rings (SSSR count). The third kappa shape index (κ3) is 6.67. The molecule has 0 radical (unpaired) electrons. The quantitative estimate of drug-likeness (QED) is 0.312. The molecule has 6 nitrogen and oxygen atoms in total. The van der Waals surface area contributed by atoms with E-state index in [1.54, 1.807) is 0 Å². The van der Waals surface area contributed by atoms with Crippen LogP contribution < -0.4 is 63.3 Å². The molecule has 0 fully saturated rings. The van der Waals surface area contributed by atoms with E-state index in [2.05, 4.69) is 4.18 Å². The van der Waals surface area contributed by atoms with Crippen molar-refractivity contribution >= 4 is 21.5 Å². The first-order valence-electron chi connectivity index (χ1n) is 3.65. The van der Waals surface area contributed by atoms with Crippen LogP contribution in [0.2, 0.25) is 0 Å². The summed E-state index contributed by atoms with van der Waals surface area (Å²) in [5.41, 5.74) is 0.132. The number of aryl methyl sites for hydroxylation is 1. The molecule has 0 aliphatic heterocycles. The van der Waals surface area contributed by atoms with Crippen molar-refractivity contribution in [2.24, 2.45) is 0 Å². The summed E-state index contributed by atoms with van der Waals surface area (Å²) < 4.78 is 56.6. The van der Waals surface area contributed by atoms with Crippen LogP contribution in [0.25, 0.3) is 0 Å². The van der Waals surface area contributed by atoms with Gasteiger partial charge in [0.2, 0.25) is 0 Å². The van der Waals surface area contributed by atoms with E-state index in [0.717, 1.165) is 18.2 Å². The third-order valence-corrected chi connectivity index (χ3v) is 2.91. The summed E-state index contributed by atoms with van der Waals surface area (Å²) >= 11 is -2.73. The van der Waals surface area contributed by atoms with Gasteiger partial charge in [0.1, 0.15) is 27.2 Å². The van der Waals surface area contributed by atoms with Crippen LogP contribution in [0, 0.1) is 6.92 Å². The van der Waals surface area contributed by atoms with Gasteiger partial charge in [-0.3, -0.25) is 0 Å². The number of benzene rings is 1. The van der Waals surface area contributed by atoms with Crippen molar-refractivity contribution < 1.29 is 85.0 Å². The Morgan fingerprint density at radius 3 is 2.18 bits per heavy atom. The van der Waals surface area contributed by atoms with Gasteiger partial charge < -0.3 is 13.3 Å². The van der Waals surface area contributed by atoms with Gasteiger partial charge in [0.15, 0.2) is 0 Å². The molecule has 1 aromatic rings. The SMILES string of the molecule is Cc1cc(OS(=O)[O-])ccc1S(=O)(=O)[O-].[Na+].[Na+]. The van der Waals surface area contributed by atoms with E-state index in [1.807, 2.05) is 0 Å².